The molecule has 0 aliphatic rings. The molecule has 0 aliphatic carbocycles. The van der Waals surface area contributed by atoms with E-state index in [1.54, 1.807) is 6.92 Å². The average molecular weight is 114 g/mol. The van der Waals surface area contributed by atoms with Gasteiger partial charge in [-0.2, -0.15) is 0 Å². The molecule has 0 saturated carbocycles. The van der Waals surface area contributed by atoms with E-state index in [4.69, 9.17) is 4.74 Å². The molecule has 0 saturated heterocycles. The number of ether oxygens (including phenoxy) is 1. The Balaban J connectivity index is 3.44. The molecule has 0 amide bonds. The summed E-state index contributed by atoms with van der Waals surface area (Å²) in [6.07, 6.45) is 2.11. The number of hydrogen-bond donors (Lipinski definition) is 0. The van der Waals surface area contributed by atoms with Crippen molar-refractivity contribution in [2.45, 2.75) is 13.8 Å². The minimum atomic E-state index is 0.621. The van der Waals surface area contributed by atoms with E-state index in [0.29, 0.717) is 18.7 Å². The van der Waals surface area contributed by atoms with E-state index in [0.717, 1.165) is 0 Å². The standard InChI is InChI=1S/C6H10O2/c1-3-8-6(2)4-5-7/h4-5H,3H2,1-2H3/b6-4+. The molecule has 0 aromatic heterocycles. The molecular formula is C6H10O2. The molecule has 0 N–H and O–H groups in total. The van der Waals surface area contributed by atoms with Crippen LogP contribution in [-0.2, 0) is 9.53 Å². The van der Waals surface area contributed by atoms with Gasteiger partial charge >= 0.3 is 0 Å². The van der Waals surface area contributed by atoms with Gasteiger partial charge in [-0.1, -0.05) is 0 Å². The van der Waals surface area contributed by atoms with Crippen LogP contribution < -0.4 is 0 Å². The summed E-state index contributed by atoms with van der Waals surface area (Å²) in [5.41, 5.74) is 0. The fourth-order valence-electron chi connectivity index (χ4n) is 0.372. The molecule has 0 spiro atoms. The first-order valence-electron chi connectivity index (χ1n) is 2.56. The van der Waals surface area contributed by atoms with Crippen molar-refractivity contribution in [1.82, 2.24) is 0 Å². The second-order valence-electron chi connectivity index (χ2n) is 1.35. The highest BCUT2D eigenvalue weighted by molar-refractivity contribution is 5.65. The minimum absolute atomic E-state index is 0.621. The Bertz CT molecular complexity index is 94.7. The van der Waals surface area contributed by atoms with Crippen LogP contribution in [0.15, 0.2) is 11.8 Å². The molecule has 0 unspecified atom stereocenters. The van der Waals surface area contributed by atoms with Gasteiger partial charge < -0.3 is 4.74 Å². The Morgan fingerprint density at radius 3 is 2.75 bits per heavy atom. The summed E-state index contributed by atoms with van der Waals surface area (Å²) in [4.78, 5) is 9.73. The summed E-state index contributed by atoms with van der Waals surface area (Å²) in [5, 5.41) is 0. The SMILES string of the molecule is CCO/C(C)=C/C=O. The number of hydrogen-bond acceptors (Lipinski definition) is 2. The molecule has 0 rings (SSSR count). The number of carbonyl (C=O) groups is 1. The van der Waals surface area contributed by atoms with Crippen molar-refractivity contribution < 1.29 is 9.53 Å². The third-order valence-corrected chi connectivity index (χ3v) is 0.675. The molecule has 8 heavy (non-hydrogen) atoms. The first-order valence-corrected chi connectivity index (χ1v) is 2.56. The number of rotatable bonds is 3. The number of aldehydes is 1. The van der Waals surface area contributed by atoms with Gasteiger partial charge in [0.15, 0.2) is 0 Å². The second kappa shape index (κ2) is 4.37. The van der Waals surface area contributed by atoms with E-state index in [9.17, 15) is 4.79 Å². The van der Waals surface area contributed by atoms with Crippen LogP contribution in [0.1, 0.15) is 13.8 Å². The van der Waals surface area contributed by atoms with Crippen molar-refractivity contribution in [3.63, 3.8) is 0 Å². The molecule has 0 radical (unpaired) electrons. The Morgan fingerprint density at radius 1 is 1.75 bits per heavy atom. The molecule has 0 fully saturated rings. The van der Waals surface area contributed by atoms with Gasteiger partial charge in [0.25, 0.3) is 0 Å². The van der Waals surface area contributed by atoms with Crippen LogP contribution in [0.5, 0.6) is 0 Å². The van der Waals surface area contributed by atoms with Crippen molar-refractivity contribution in [3.8, 4) is 0 Å². The van der Waals surface area contributed by atoms with Crippen LogP contribution in [0.3, 0.4) is 0 Å². The average Bonchev–Trinajstić information content (AvgIpc) is 1.68. The number of allylic oxidation sites excluding steroid dienone is 2. The first kappa shape index (κ1) is 7.21. The van der Waals surface area contributed by atoms with Gasteiger partial charge in [0.05, 0.1) is 12.4 Å². The van der Waals surface area contributed by atoms with Crippen LogP contribution in [-0.4, -0.2) is 12.9 Å². The maximum atomic E-state index is 9.73. The van der Waals surface area contributed by atoms with Crippen molar-refractivity contribution in [1.29, 1.82) is 0 Å². The van der Waals surface area contributed by atoms with Gasteiger partial charge in [-0.25, -0.2) is 0 Å². The normalized spacial score (nSPS) is 11.0. The lowest BCUT2D eigenvalue weighted by Crippen LogP contribution is -1.85. The van der Waals surface area contributed by atoms with E-state index in [1.165, 1.54) is 6.08 Å². The van der Waals surface area contributed by atoms with Gasteiger partial charge in [-0.15, -0.1) is 0 Å². The second-order valence-corrected chi connectivity index (χ2v) is 1.35. The van der Waals surface area contributed by atoms with Crippen LogP contribution in [0.4, 0.5) is 0 Å². The Hall–Kier alpha value is -0.790. The van der Waals surface area contributed by atoms with Crippen molar-refractivity contribution >= 4 is 6.29 Å². The van der Waals surface area contributed by atoms with Crippen LogP contribution in [0.25, 0.3) is 0 Å². The quantitative estimate of drug-likeness (QED) is 0.312. The van der Waals surface area contributed by atoms with Crippen LogP contribution >= 0.6 is 0 Å². The summed E-state index contributed by atoms with van der Waals surface area (Å²) in [7, 11) is 0. The van der Waals surface area contributed by atoms with Crippen molar-refractivity contribution in [3.05, 3.63) is 11.8 Å². The maximum Gasteiger partial charge on any atom is 0.146 e. The van der Waals surface area contributed by atoms with Gasteiger partial charge in [0.1, 0.15) is 6.29 Å². The molecule has 0 bridgehead atoms. The maximum absolute atomic E-state index is 9.73. The van der Waals surface area contributed by atoms with Gasteiger partial charge in [-0.05, 0) is 13.8 Å². The topological polar surface area (TPSA) is 26.3 Å². The van der Waals surface area contributed by atoms with Gasteiger partial charge in [-0.3, -0.25) is 4.79 Å². The summed E-state index contributed by atoms with van der Waals surface area (Å²) >= 11 is 0. The predicted octanol–water partition coefficient (Wildman–Crippen LogP) is 1.13. The molecular weight excluding hydrogens is 104 g/mol. The van der Waals surface area contributed by atoms with E-state index in [1.807, 2.05) is 6.92 Å². The fourth-order valence-corrected chi connectivity index (χ4v) is 0.372. The van der Waals surface area contributed by atoms with Crippen LogP contribution in [0.2, 0.25) is 0 Å². The van der Waals surface area contributed by atoms with Crippen molar-refractivity contribution in [2.24, 2.45) is 0 Å². The molecule has 2 nitrogen and oxygen atoms in total. The molecule has 0 aromatic rings. The summed E-state index contributed by atoms with van der Waals surface area (Å²) < 4.78 is 4.91. The van der Waals surface area contributed by atoms with Gasteiger partial charge in [0, 0.05) is 6.08 Å². The molecule has 2 heteroatoms. The minimum Gasteiger partial charge on any atom is -0.498 e. The lowest BCUT2D eigenvalue weighted by molar-refractivity contribution is -0.104. The lowest BCUT2D eigenvalue weighted by Gasteiger charge is -1.97. The summed E-state index contributed by atoms with van der Waals surface area (Å²) in [6.45, 7) is 4.25. The summed E-state index contributed by atoms with van der Waals surface area (Å²) in [5.74, 6) is 0.669. The first-order chi connectivity index (χ1) is 3.81. The third kappa shape index (κ3) is 3.40. The van der Waals surface area contributed by atoms with Crippen LogP contribution in [0, 0.1) is 0 Å². The molecule has 0 aliphatic heterocycles. The van der Waals surface area contributed by atoms with E-state index in [2.05, 4.69) is 0 Å². The molecule has 0 atom stereocenters. The molecule has 46 valence electrons. The third-order valence-electron chi connectivity index (χ3n) is 0.675. The van der Waals surface area contributed by atoms with E-state index >= 15 is 0 Å². The van der Waals surface area contributed by atoms with Crippen molar-refractivity contribution in [2.75, 3.05) is 6.61 Å². The molecule has 0 heterocycles. The number of carbonyl (C=O) groups excluding carboxylic acids is 1. The fraction of sp³-hybridized carbons (Fsp3) is 0.500. The zero-order valence-corrected chi connectivity index (χ0v) is 5.18. The highest BCUT2D eigenvalue weighted by Crippen LogP contribution is 1.90. The lowest BCUT2D eigenvalue weighted by atomic mass is 10.5. The zero-order chi connectivity index (χ0) is 6.41. The van der Waals surface area contributed by atoms with Gasteiger partial charge in [0.2, 0.25) is 0 Å². The predicted molar refractivity (Wildman–Crippen MR) is 31.4 cm³/mol. The van der Waals surface area contributed by atoms with E-state index < -0.39 is 0 Å². The highest BCUT2D eigenvalue weighted by atomic mass is 16.5. The monoisotopic (exact) mass is 114 g/mol. The van der Waals surface area contributed by atoms with E-state index in [-0.39, 0.29) is 0 Å². The Morgan fingerprint density at radius 2 is 2.38 bits per heavy atom. The zero-order valence-electron chi connectivity index (χ0n) is 5.18. The Labute approximate surface area is 49.1 Å². The Kier molecular flexibility index (Phi) is 3.94. The highest BCUT2D eigenvalue weighted by Gasteiger charge is 1.81. The largest absolute Gasteiger partial charge is 0.498 e. The smallest absolute Gasteiger partial charge is 0.146 e. The molecule has 0 aromatic carbocycles. The summed E-state index contributed by atoms with van der Waals surface area (Å²) in [6, 6.07) is 0.